The third kappa shape index (κ3) is 13.3. The van der Waals surface area contributed by atoms with Crippen molar-refractivity contribution in [3.05, 3.63) is 0 Å². The summed E-state index contributed by atoms with van der Waals surface area (Å²) in [5.74, 6) is -1.03. The van der Waals surface area contributed by atoms with E-state index < -0.39 is 11.6 Å². The number of ether oxygens (including phenoxy) is 1. The summed E-state index contributed by atoms with van der Waals surface area (Å²) in [6.45, 7) is 2.61. The Kier molecular flexibility index (Phi) is 21.0. The van der Waals surface area contributed by atoms with Gasteiger partial charge in [0, 0.05) is 0 Å². The maximum absolute atomic E-state index is 10.8. The van der Waals surface area contributed by atoms with Gasteiger partial charge in [-0.25, -0.2) is 0 Å². The zero-order valence-electron chi connectivity index (χ0n) is 15.1. The van der Waals surface area contributed by atoms with Gasteiger partial charge in [-0.2, -0.15) is 0 Å². The molecular formula is C17H35NaO5. The van der Waals surface area contributed by atoms with E-state index in [1.807, 2.05) is 0 Å². The van der Waals surface area contributed by atoms with E-state index in [9.17, 15) is 9.90 Å². The van der Waals surface area contributed by atoms with E-state index in [4.69, 9.17) is 4.74 Å². The van der Waals surface area contributed by atoms with Gasteiger partial charge in [-0.05, 0) is 6.42 Å². The van der Waals surface area contributed by atoms with Crippen molar-refractivity contribution in [2.75, 3.05) is 6.61 Å². The fourth-order valence-corrected chi connectivity index (χ4v) is 2.70. The molecule has 5 nitrogen and oxygen atoms in total. The molecule has 0 spiro atoms. The molecule has 0 radical (unpaired) electrons. The van der Waals surface area contributed by atoms with E-state index in [2.05, 4.69) is 6.92 Å². The number of aliphatic carboxylic acids is 1. The van der Waals surface area contributed by atoms with Crippen molar-refractivity contribution in [2.45, 2.75) is 96.0 Å². The number of carbonyl (C=O) groups is 1. The first-order valence-electron chi connectivity index (χ1n) is 8.57. The molecular weight excluding hydrogens is 307 g/mol. The van der Waals surface area contributed by atoms with E-state index in [-0.39, 0.29) is 40.5 Å². The van der Waals surface area contributed by atoms with Gasteiger partial charge >= 0.3 is 29.6 Å². The van der Waals surface area contributed by atoms with E-state index in [1.54, 1.807) is 0 Å². The summed E-state index contributed by atoms with van der Waals surface area (Å²) in [4.78, 5) is 10.8. The SMILES string of the molecule is CCCCCCCCCCCCCCC1(C(=O)[O-])CO1.O.O.[Na+]. The maximum Gasteiger partial charge on any atom is 1.00 e. The minimum atomic E-state index is -1.03. The Bertz CT molecular complexity index is 270. The van der Waals surface area contributed by atoms with Gasteiger partial charge in [0.15, 0.2) is 0 Å². The first-order chi connectivity index (χ1) is 9.71. The van der Waals surface area contributed by atoms with Crippen LogP contribution in [0.1, 0.15) is 90.4 Å². The number of rotatable bonds is 14. The van der Waals surface area contributed by atoms with Crippen LogP contribution in [-0.2, 0) is 9.53 Å². The van der Waals surface area contributed by atoms with Crippen LogP contribution >= 0.6 is 0 Å². The largest absolute Gasteiger partial charge is 1.00 e. The van der Waals surface area contributed by atoms with Crippen molar-refractivity contribution in [3.8, 4) is 0 Å². The molecule has 1 atom stereocenters. The van der Waals surface area contributed by atoms with Crippen molar-refractivity contribution in [2.24, 2.45) is 0 Å². The van der Waals surface area contributed by atoms with Gasteiger partial charge in [0.1, 0.15) is 5.60 Å². The van der Waals surface area contributed by atoms with Gasteiger partial charge in [0.05, 0.1) is 12.6 Å². The summed E-state index contributed by atoms with van der Waals surface area (Å²) in [5, 5.41) is 10.8. The number of carboxylic acids is 1. The van der Waals surface area contributed by atoms with E-state index >= 15 is 0 Å². The molecule has 1 heterocycles. The summed E-state index contributed by atoms with van der Waals surface area (Å²) in [6, 6.07) is 0. The van der Waals surface area contributed by atoms with Crippen LogP contribution in [-0.4, -0.2) is 29.1 Å². The van der Waals surface area contributed by atoms with Crippen LogP contribution in [0, 0.1) is 0 Å². The van der Waals surface area contributed by atoms with E-state index in [1.165, 1.54) is 64.2 Å². The Morgan fingerprint density at radius 2 is 1.22 bits per heavy atom. The number of carbonyl (C=O) groups excluding carboxylic acids is 1. The average Bonchev–Trinajstić information content (AvgIpc) is 3.21. The topological polar surface area (TPSA) is 116 Å². The van der Waals surface area contributed by atoms with Crippen LogP contribution in [0.15, 0.2) is 0 Å². The molecule has 6 heteroatoms. The molecule has 23 heavy (non-hydrogen) atoms. The third-order valence-electron chi connectivity index (χ3n) is 4.30. The fraction of sp³-hybridized carbons (Fsp3) is 0.941. The normalized spacial score (nSPS) is 18.3. The second-order valence-corrected chi connectivity index (χ2v) is 6.21. The molecule has 134 valence electrons. The van der Waals surface area contributed by atoms with Gasteiger partial charge in [-0.1, -0.05) is 84.0 Å². The van der Waals surface area contributed by atoms with Gasteiger partial charge in [0.2, 0.25) is 0 Å². The smallest absolute Gasteiger partial charge is 0.547 e. The Balaban J connectivity index is -0.00000133. The van der Waals surface area contributed by atoms with Crippen molar-refractivity contribution in [3.63, 3.8) is 0 Å². The molecule has 0 aliphatic carbocycles. The predicted octanol–water partition coefficient (Wildman–Crippen LogP) is -1.05. The zero-order valence-corrected chi connectivity index (χ0v) is 17.1. The van der Waals surface area contributed by atoms with Crippen LogP contribution in [0.3, 0.4) is 0 Å². The molecule has 1 fully saturated rings. The van der Waals surface area contributed by atoms with Crippen LogP contribution < -0.4 is 34.7 Å². The van der Waals surface area contributed by atoms with Crippen LogP contribution in [0.4, 0.5) is 0 Å². The molecule has 1 unspecified atom stereocenters. The van der Waals surface area contributed by atoms with E-state index in [0.717, 1.165) is 12.8 Å². The second-order valence-electron chi connectivity index (χ2n) is 6.21. The molecule has 0 saturated carbocycles. The summed E-state index contributed by atoms with van der Waals surface area (Å²) in [7, 11) is 0. The standard InChI is InChI=1S/C17H32O3.Na.2H2O/c1-2-3-4-5-6-7-8-9-10-11-12-13-14-17(15-20-17)16(18)19;;;/h2-15H2,1H3,(H,18,19);;2*1H2/q;+1;;/p-1. The average molecular weight is 342 g/mol. The van der Waals surface area contributed by atoms with Crippen LogP contribution in [0.25, 0.3) is 0 Å². The number of unbranched alkanes of at least 4 members (excludes halogenated alkanes) is 11. The molecule has 0 aromatic carbocycles. The number of epoxide rings is 1. The van der Waals surface area contributed by atoms with Crippen molar-refractivity contribution in [1.29, 1.82) is 0 Å². The minimum Gasteiger partial charge on any atom is -0.547 e. The van der Waals surface area contributed by atoms with Crippen molar-refractivity contribution in [1.82, 2.24) is 0 Å². The predicted molar refractivity (Wildman–Crippen MR) is 86.6 cm³/mol. The van der Waals surface area contributed by atoms with Crippen molar-refractivity contribution >= 4 is 5.97 Å². The maximum atomic E-state index is 10.8. The number of hydrogen-bond acceptors (Lipinski definition) is 3. The molecule has 1 saturated heterocycles. The zero-order chi connectivity index (χ0) is 14.7. The van der Waals surface area contributed by atoms with Crippen molar-refractivity contribution < 1.29 is 55.1 Å². The summed E-state index contributed by atoms with van der Waals surface area (Å²) < 4.78 is 5.00. The second kappa shape index (κ2) is 17.2. The first kappa shape index (κ1) is 28.2. The Morgan fingerprint density at radius 1 is 0.870 bits per heavy atom. The van der Waals surface area contributed by atoms with Gasteiger partial charge < -0.3 is 25.6 Å². The molecule has 4 N–H and O–H groups in total. The molecule has 0 amide bonds. The Morgan fingerprint density at radius 3 is 1.52 bits per heavy atom. The first-order valence-corrected chi connectivity index (χ1v) is 8.57. The third-order valence-corrected chi connectivity index (χ3v) is 4.30. The monoisotopic (exact) mass is 342 g/mol. The number of hydrogen-bond donors (Lipinski definition) is 0. The molecule has 1 aliphatic rings. The van der Waals surface area contributed by atoms with Gasteiger partial charge in [-0.15, -0.1) is 0 Å². The van der Waals surface area contributed by atoms with Crippen LogP contribution in [0.2, 0.25) is 0 Å². The molecule has 1 aliphatic heterocycles. The summed E-state index contributed by atoms with van der Waals surface area (Å²) in [6.07, 6.45) is 16.2. The van der Waals surface area contributed by atoms with Crippen LogP contribution in [0.5, 0.6) is 0 Å². The Hall–Kier alpha value is 0.350. The quantitative estimate of drug-likeness (QED) is 0.228. The number of carboxylic acid groups (broad SMARTS) is 1. The summed E-state index contributed by atoms with van der Waals surface area (Å²) >= 11 is 0. The molecule has 0 aromatic rings. The molecule has 0 bridgehead atoms. The van der Waals surface area contributed by atoms with Gasteiger partial charge in [-0.3, -0.25) is 0 Å². The minimum absolute atomic E-state index is 0. The Labute approximate surface area is 163 Å². The molecule has 0 aromatic heterocycles. The molecule has 1 rings (SSSR count). The van der Waals surface area contributed by atoms with E-state index in [0.29, 0.717) is 13.0 Å². The fourth-order valence-electron chi connectivity index (χ4n) is 2.70. The summed E-state index contributed by atoms with van der Waals surface area (Å²) in [5.41, 5.74) is -0.904. The van der Waals surface area contributed by atoms with Gasteiger partial charge in [0.25, 0.3) is 0 Å².